The molecule has 0 saturated carbocycles. The van der Waals surface area contributed by atoms with Crippen molar-refractivity contribution in [1.29, 1.82) is 0 Å². The number of nitrogens with zero attached hydrogens (tertiary/aromatic N) is 1. The fourth-order valence-electron chi connectivity index (χ4n) is 2.25. The molecule has 1 amide bonds. The van der Waals surface area contributed by atoms with E-state index in [4.69, 9.17) is 0 Å². The van der Waals surface area contributed by atoms with Gasteiger partial charge in [0, 0.05) is 23.9 Å². The molecule has 2 heterocycles. The molecular formula is C12H14N2O2S2. The number of rotatable bonds is 1. The van der Waals surface area contributed by atoms with E-state index in [2.05, 4.69) is 5.32 Å². The van der Waals surface area contributed by atoms with Crippen LogP contribution in [0.5, 0.6) is 0 Å². The first-order valence-electron chi connectivity index (χ1n) is 5.87. The number of para-hydroxylation sites is 1. The second-order valence-electron chi connectivity index (χ2n) is 4.28. The highest BCUT2D eigenvalue weighted by molar-refractivity contribution is 7.99. The van der Waals surface area contributed by atoms with Gasteiger partial charge in [-0.2, -0.15) is 0 Å². The predicted octanol–water partition coefficient (Wildman–Crippen LogP) is 0.803. The van der Waals surface area contributed by atoms with Gasteiger partial charge in [0.1, 0.15) is 0 Å². The van der Waals surface area contributed by atoms with Crippen LogP contribution in [-0.4, -0.2) is 40.1 Å². The molecule has 4 nitrogen and oxygen atoms in total. The predicted molar refractivity (Wildman–Crippen MR) is 74.3 cm³/mol. The van der Waals surface area contributed by atoms with Crippen LogP contribution in [0.3, 0.4) is 0 Å². The number of nitrogens with one attached hydrogen (secondary N) is 1. The Bertz CT molecular complexity index is 501. The highest BCUT2D eigenvalue weighted by Gasteiger charge is 2.32. The maximum Gasteiger partial charge on any atom is 0.245 e. The lowest BCUT2D eigenvalue weighted by atomic mass is 10.2. The zero-order valence-electron chi connectivity index (χ0n) is 9.80. The van der Waals surface area contributed by atoms with Crippen LogP contribution in [0.25, 0.3) is 0 Å². The third-order valence-electron chi connectivity index (χ3n) is 3.18. The van der Waals surface area contributed by atoms with Gasteiger partial charge in [0.15, 0.2) is 0 Å². The number of amides is 1. The largest absolute Gasteiger partial charge is 0.309 e. The van der Waals surface area contributed by atoms with E-state index in [0.29, 0.717) is 12.3 Å². The third kappa shape index (κ3) is 2.08. The molecule has 6 heteroatoms. The fraction of sp³-hybridized carbons (Fsp3) is 0.417. The number of benzene rings is 1. The molecule has 2 aliphatic heterocycles. The second kappa shape index (κ2) is 5.03. The van der Waals surface area contributed by atoms with Crippen molar-refractivity contribution in [3.8, 4) is 0 Å². The van der Waals surface area contributed by atoms with Crippen molar-refractivity contribution < 1.29 is 9.00 Å². The Labute approximate surface area is 113 Å². The first kappa shape index (κ1) is 12.2. The van der Waals surface area contributed by atoms with Gasteiger partial charge < -0.3 is 4.90 Å². The maximum atomic E-state index is 12.4. The smallest absolute Gasteiger partial charge is 0.245 e. The lowest BCUT2D eigenvalue weighted by Gasteiger charge is -2.30. The van der Waals surface area contributed by atoms with Gasteiger partial charge in [0.25, 0.3) is 0 Å². The van der Waals surface area contributed by atoms with Crippen LogP contribution in [0.15, 0.2) is 29.2 Å². The van der Waals surface area contributed by atoms with Gasteiger partial charge in [0.05, 0.1) is 27.4 Å². The van der Waals surface area contributed by atoms with Crippen molar-refractivity contribution in [2.45, 2.75) is 10.9 Å². The topological polar surface area (TPSA) is 49.4 Å². The Morgan fingerprint density at radius 3 is 3.06 bits per heavy atom. The van der Waals surface area contributed by atoms with Crippen LogP contribution in [0.2, 0.25) is 0 Å². The Morgan fingerprint density at radius 1 is 1.44 bits per heavy atom. The molecule has 18 heavy (non-hydrogen) atoms. The maximum absolute atomic E-state index is 12.4. The quantitative estimate of drug-likeness (QED) is 0.828. The van der Waals surface area contributed by atoms with Crippen molar-refractivity contribution in [2.75, 3.05) is 28.8 Å². The first-order valence-corrected chi connectivity index (χ1v) is 8.34. The monoisotopic (exact) mass is 282 g/mol. The minimum absolute atomic E-state index is 0.101. The summed E-state index contributed by atoms with van der Waals surface area (Å²) in [5.74, 6) is 2.28. The number of thioether (sulfide) groups is 1. The molecule has 2 unspecified atom stereocenters. The standard InChI is InChI=1S/C12H14N2O2S2/c15-12(9-7-17-8-13-9)14-5-6-18(16)11-4-2-1-3-10(11)14/h1-4,9,13H,5-8H2. The van der Waals surface area contributed by atoms with E-state index < -0.39 is 10.8 Å². The molecule has 0 aliphatic carbocycles. The summed E-state index contributed by atoms with van der Waals surface area (Å²) in [5.41, 5.74) is 0.811. The molecule has 1 aromatic carbocycles. The Balaban J connectivity index is 1.92. The Hall–Kier alpha value is -0.850. The SMILES string of the molecule is O=C(C1CSCN1)N1CCS(=O)c2ccccc21. The van der Waals surface area contributed by atoms with Crippen LogP contribution in [-0.2, 0) is 15.6 Å². The summed E-state index contributed by atoms with van der Waals surface area (Å²) in [7, 11) is -0.973. The van der Waals surface area contributed by atoms with E-state index >= 15 is 0 Å². The number of carbonyl (C=O) groups is 1. The number of carbonyl (C=O) groups excluding carboxylic acids is 1. The summed E-state index contributed by atoms with van der Waals surface area (Å²) < 4.78 is 11.9. The minimum atomic E-state index is -0.973. The molecule has 3 rings (SSSR count). The van der Waals surface area contributed by atoms with Crippen LogP contribution in [0.4, 0.5) is 5.69 Å². The van der Waals surface area contributed by atoms with Crippen molar-refractivity contribution in [1.82, 2.24) is 5.32 Å². The van der Waals surface area contributed by atoms with Gasteiger partial charge in [0.2, 0.25) is 5.91 Å². The van der Waals surface area contributed by atoms with Gasteiger partial charge in [-0.25, -0.2) is 0 Å². The molecule has 0 radical (unpaired) electrons. The van der Waals surface area contributed by atoms with Crippen LogP contribution >= 0.6 is 11.8 Å². The van der Waals surface area contributed by atoms with E-state index in [1.165, 1.54) is 0 Å². The van der Waals surface area contributed by atoms with E-state index in [0.717, 1.165) is 22.2 Å². The second-order valence-corrected chi connectivity index (χ2v) is 6.85. The molecule has 96 valence electrons. The summed E-state index contributed by atoms with van der Waals surface area (Å²) >= 11 is 1.74. The Kier molecular flexibility index (Phi) is 3.41. The summed E-state index contributed by atoms with van der Waals surface area (Å²) in [6.45, 7) is 0.547. The molecule has 1 N–H and O–H groups in total. The fourth-order valence-corrected chi connectivity index (χ4v) is 4.39. The molecule has 1 aromatic rings. The molecular weight excluding hydrogens is 268 g/mol. The van der Waals surface area contributed by atoms with Gasteiger partial charge in [-0.05, 0) is 12.1 Å². The zero-order chi connectivity index (χ0) is 12.5. The van der Waals surface area contributed by atoms with E-state index in [1.54, 1.807) is 16.7 Å². The van der Waals surface area contributed by atoms with Crippen LogP contribution in [0.1, 0.15) is 0 Å². The summed E-state index contributed by atoms with van der Waals surface area (Å²) in [5, 5.41) is 3.19. The minimum Gasteiger partial charge on any atom is -0.309 e. The van der Waals surface area contributed by atoms with Crippen molar-refractivity contribution in [3.63, 3.8) is 0 Å². The van der Waals surface area contributed by atoms with Gasteiger partial charge in [-0.15, -0.1) is 11.8 Å². The molecule has 0 spiro atoms. The zero-order valence-corrected chi connectivity index (χ0v) is 11.4. The van der Waals surface area contributed by atoms with Gasteiger partial charge in [-0.1, -0.05) is 12.1 Å². The number of anilines is 1. The van der Waals surface area contributed by atoms with Gasteiger partial charge >= 0.3 is 0 Å². The number of fused-ring (bicyclic) bond motifs is 1. The molecule has 2 aliphatic rings. The van der Waals surface area contributed by atoms with Crippen molar-refractivity contribution >= 4 is 34.2 Å². The molecule has 0 aromatic heterocycles. The molecule has 1 saturated heterocycles. The number of hydrogen-bond acceptors (Lipinski definition) is 4. The van der Waals surface area contributed by atoms with Gasteiger partial charge in [-0.3, -0.25) is 14.3 Å². The van der Waals surface area contributed by atoms with Crippen molar-refractivity contribution in [3.05, 3.63) is 24.3 Å². The summed E-state index contributed by atoms with van der Waals surface area (Å²) in [6, 6.07) is 7.38. The van der Waals surface area contributed by atoms with Crippen molar-refractivity contribution in [2.24, 2.45) is 0 Å². The van der Waals surface area contributed by atoms with Crippen LogP contribution < -0.4 is 10.2 Å². The normalized spacial score (nSPS) is 27.0. The lowest BCUT2D eigenvalue weighted by molar-refractivity contribution is -0.119. The molecule has 0 bridgehead atoms. The lowest BCUT2D eigenvalue weighted by Crippen LogP contribution is -2.48. The van der Waals surface area contributed by atoms with E-state index in [9.17, 15) is 9.00 Å². The summed E-state index contributed by atoms with van der Waals surface area (Å²) in [4.78, 5) is 15.0. The first-order chi connectivity index (χ1) is 8.77. The average Bonchev–Trinajstić information content (AvgIpc) is 2.93. The number of hydrogen-bond donors (Lipinski definition) is 1. The molecule has 2 atom stereocenters. The molecule has 1 fully saturated rings. The highest BCUT2D eigenvalue weighted by atomic mass is 32.2. The summed E-state index contributed by atoms with van der Waals surface area (Å²) in [6.07, 6.45) is 0. The van der Waals surface area contributed by atoms with E-state index in [-0.39, 0.29) is 11.9 Å². The Morgan fingerprint density at radius 2 is 2.28 bits per heavy atom. The average molecular weight is 282 g/mol. The van der Waals surface area contributed by atoms with E-state index in [1.807, 2.05) is 24.3 Å². The highest BCUT2D eigenvalue weighted by Crippen LogP contribution is 2.29. The van der Waals surface area contributed by atoms with Crippen LogP contribution in [0, 0.1) is 0 Å². The third-order valence-corrected chi connectivity index (χ3v) is 5.51.